The van der Waals surface area contributed by atoms with Gasteiger partial charge in [0.25, 0.3) is 0 Å². The van der Waals surface area contributed by atoms with Crippen LogP contribution in [0, 0.1) is 0 Å². The average molecular weight is 407 g/mol. The Morgan fingerprint density at radius 2 is 1.78 bits per heavy atom. The number of benzene rings is 2. The highest BCUT2D eigenvalue weighted by Crippen LogP contribution is 2.45. The fourth-order valence-electron chi connectivity index (χ4n) is 4.07. The van der Waals surface area contributed by atoms with Crippen LogP contribution in [-0.2, 0) is 16.6 Å². The number of amides is 1. The van der Waals surface area contributed by atoms with Gasteiger partial charge >= 0.3 is 0 Å². The van der Waals surface area contributed by atoms with Crippen LogP contribution in [0.2, 0.25) is 10.0 Å². The van der Waals surface area contributed by atoms with Gasteiger partial charge in [-0.2, -0.15) is 0 Å². The van der Waals surface area contributed by atoms with Gasteiger partial charge in [0.05, 0.1) is 15.6 Å². The van der Waals surface area contributed by atoms with E-state index in [9.17, 15) is 9.90 Å². The molecule has 1 aliphatic rings. The van der Waals surface area contributed by atoms with Gasteiger partial charge in [-0.05, 0) is 49.6 Å². The van der Waals surface area contributed by atoms with Crippen molar-refractivity contribution in [2.24, 2.45) is 5.73 Å². The van der Waals surface area contributed by atoms with E-state index in [0.717, 1.165) is 5.56 Å². The molecule has 144 valence electrons. The summed E-state index contributed by atoms with van der Waals surface area (Å²) >= 11 is 12.4. The number of nitrogens with two attached hydrogens (primary N) is 1. The summed E-state index contributed by atoms with van der Waals surface area (Å²) in [6.07, 6.45) is 1.18. The lowest BCUT2D eigenvalue weighted by Gasteiger charge is -2.49. The van der Waals surface area contributed by atoms with Gasteiger partial charge in [0.1, 0.15) is 5.41 Å². The van der Waals surface area contributed by atoms with Gasteiger partial charge in [0, 0.05) is 13.1 Å². The molecule has 4 nitrogen and oxygen atoms in total. The number of aliphatic hydroxyl groups is 1. The van der Waals surface area contributed by atoms with Crippen LogP contribution in [-0.4, -0.2) is 41.7 Å². The summed E-state index contributed by atoms with van der Waals surface area (Å²) in [6.45, 7) is 1.36. The predicted octanol–water partition coefficient (Wildman–Crippen LogP) is 3.42. The number of carbonyl (C=O) groups excluding carboxylic acids is 1. The fourth-order valence-corrected chi connectivity index (χ4v) is 4.37. The van der Waals surface area contributed by atoms with E-state index in [4.69, 9.17) is 28.9 Å². The topological polar surface area (TPSA) is 66.6 Å². The Hall–Kier alpha value is -1.59. The van der Waals surface area contributed by atoms with Crippen LogP contribution >= 0.6 is 23.2 Å². The Balaban J connectivity index is 2.19. The largest absolute Gasteiger partial charge is 0.388 e. The highest BCUT2D eigenvalue weighted by Gasteiger charge is 2.56. The molecule has 0 aromatic heterocycles. The van der Waals surface area contributed by atoms with Gasteiger partial charge < -0.3 is 15.7 Å². The number of rotatable bonds is 5. The second kappa shape index (κ2) is 7.80. The summed E-state index contributed by atoms with van der Waals surface area (Å²) in [4.78, 5) is 15.1. The van der Waals surface area contributed by atoms with Crippen LogP contribution in [0.1, 0.15) is 24.0 Å². The van der Waals surface area contributed by atoms with Gasteiger partial charge in [0.2, 0.25) is 5.91 Å². The average Bonchev–Trinajstić information content (AvgIpc) is 2.65. The number of hydrogen-bond donors (Lipinski definition) is 2. The second-order valence-electron chi connectivity index (χ2n) is 7.40. The Kier molecular flexibility index (Phi) is 5.82. The van der Waals surface area contributed by atoms with Crippen LogP contribution in [0.25, 0.3) is 0 Å². The smallest absolute Gasteiger partial charge is 0.231 e. The molecule has 2 aromatic rings. The molecule has 1 atom stereocenters. The predicted molar refractivity (Wildman–Crippen MR) is 109 cm³/mol. The third kappa shape index (κ3) is 3.72. The van der Waals surface area contributed by atoms with E-state index < -0.39 is 16.9 Å². The molecule has 6 heteroatoms. The van der Waals surface area contributed by atoms with Crippen molar-refractivity contribution in [3.8, 4) is 0 Å². The van der Waals surface area contributed by atoms with Crippen molar-refractivity contribution >= 4 is 29.1 Å². The maximum absolute atomic E-state index is 13.0. The molecule has 1 aliphatic heterocycles. The molecular formula is C21H24Cl2N2O2. The minimum Gasteiger partial charge on any atom is -0.388 e. The number of carbonyl (C=O) groups is 1. The minimum absolute atomic E-state index is 0.293. The number of likely N-dealkylation sites (tertiary alicyclic amines) is 1. The van der Waals surface area contributed by atoms with Crippen LogP contribution in [0.5, 0.6) is 0 Å². The van der Waals surface area contributed by atoms with E-state index >= 15 is 0 Å². The Morgan fingerprint density at radius 3 is 2.33 bits per heavy atom. The maximum Gasteiger partial charge on any atom is 0.231 e. The summed E-state index contributed by atoms with van der Waals surface area (Å²) in [5.74, 6) is -0.559. The number of piperidine rings is 1. The molecule has 2 aromatic carbocycles. The molecule has 27 heavy (non-hydrogen) atoms. The Bertz CT molecular complexity index is 820. The molecule has 1 saturated heterocycles. The first-order valence-electron chi connectivity index (χ1n) is 8.99. The molecule has 0 bridgehead atoms. The van der Waals surface area contributed by atoms with E-state index in [2.05, 4.69) is 4.90 Å². The van der Waals surface area contributed by atoms with Crippen molar-refractivity contribution in [1.82, 2.24) is 4.90 Å². The number of nitrogens with zero attached hydrogens (tertiary/aromatic N) is 1. The van der Waals surface area contributed by atoms with E-state index in [1.807, 2.05) is 37.4 Å². The lowest BCUT2D eigenvalue weighted by atomic mass is 9.60. The Morgan fingerprint density at radius 1 is 1.15 bits per heavy atom. The van der Waals surface area contributed by atoms with Gasteiger partial charge in [-0.25, -0.2) is 0 Å². The third-order valence-electron chi connectivity index (χ3n) is 5.75. The summed E-state index contributed by atoms with van der Waals surface area (Å²) in [5.41, 5.74) is 4.94. The van der Waals surface area contributed by atoms with E-state index in [1.165, 1.54) is 0 Å². The third-order valence-corrected chi connectivity index (χ3v) is 6.49. The molecule has 1 amide bonds. The number of hydrogen-bond acceptors (Lipinski definition) is 3. The first-order chi connectivity index (χ1) is 12.8. The standard InChI is InChI=1S/C21H24Cl2N2O2/c1-25-11-9-20(27,10-12-25)21(19(24)26,14-15-5-3-2-4-6-15)16-7-8-17(22)18(23)13-16/h2-8,13,27H,9-12,14H2,1H3,(H2,24,26). The number of halogens is 2. The van der Waals surface area contributed by atoms with Crippen LogP contribution in [0.4, 0.5) is 0 Å². The SMILES string of the molecule is CN1CCC(O)(C(Cc2ccccc2)(C(N)=O)c2ccc(Cl)c(Cl)c2)CC1. The highest BCUT2D eigenvalue weighted by molar-refractivity contribution is 6.42. The molecule has 0 saturated carbocycles. The molecule has 0 spiro atoms. The van der Waals surface area contributed by atoms with Crippen molar-refractivity contribution in [2.45, 2.75) is 30.3 Å². The van der Waals surface area contributed by atoms with Crippen LogP contribution in [0.3, 0.4) is 0 Å². The molecule has 0 radical (unpaired) electrons. The number of primary amides is 1. The lowest BCUT2D eigenvalue weighted by molar-refractivity contribution is -0.141. The molecule has 3 N–H and O–H groups in total. The van der Waals surface area contributed by atoms with Gasteiger partial charge in [0.15, 0.2) is 0 Å². The van der Waals surface area contributed by atoms with Crippen molar-refractivity contribution in [2.75, 3.05) is 20.1 Å². The quantitative estimate of drug-likeness (QED) is 0.798. The van der Waals surface area contributed by atoms with Crippen molar-refractivity contribution < 1.29 is 9.90 Å². The molecule has 1 fully saturated rings. The molecule has 3 rings (SSSR count). The zero-order valence-electron chi connectivity index (χ0n) is 15.3. The zero-order valence-corrected chi connectivity index (χ0v) is 16.8. The summed E-state index contributed by atoms with van der Waals surface area (Å²) < 4.78 is 0. The van der Waals surface area contributed by atoms with E-state index in [0.29, 0.717) is 48.0 Å². The Labute approximate surface area is 169 Å². The molecule has 1 unspecified atom stereocenters. The first kappa shape index (κ1) is 20.2. The monoisotopic (exact) mass is 406 g/mol. The van der Waals surface area contributed by atoms with Gasteiger partial charge in [-0.3, -0.25) is 4.79 Å². The lowest BCUT2D eigenvalue weighted by Crippen LogP contribution is -2.63. The normalized spacial score (nSPS) is 19.4. The zero-order chi connectivity index (χ0) is 19.7. The highest BCUT2D eigenvalue weighted by atomic mass is 35.5. The molecular weight excluding hydrogens is 383 g/mol. The van der Waals surface area contributed by atoms with E-state index in [1.54, 1.807) is 18.2 Å². The molecule has 1 heterocycles. The van der Waals surface area contributed by atoms with Crippen molar-refractivity contribution in [3.63, 3.8) is 0 Å². The van der Waals surface area contributed by atoms with E-state index in [-0.39, 0.29) is 0 Å². The first-order valence-corrected chi connectivity index (χ1v) is 9.74. The summed E-state index contributed by atoms with van der Waals surface area (Å²) in [7, 11) is 2.00. The van der Waals surface area contributed by atoms with Crippen LogP contribution < -0.4 is 5.73 Å². The maximum atomic E-state index is 13.0. The van der Waals surface area contributed by atoms with Crippen LogP contribution in [0.15, 0.2) is 48.5 Å². The van der Waals surface area contributed by atoms with Gasteiger partial charge in [-0.1, -0.05) is 59.6 Å². The summed E-state index contributed by atoms with van der Waals surface area (Å²) in [5, 5.41) is 12.5. The molecule has 0 aliphatic carbocycles. The summed E-state index contributed by atoms with van der Waals surface area (Å²) in [6, 6.07) is 14.7. The minimum atomic E-state index is -1.30. The second-order valence-corrected chi connectivity index (χ2v) is 8.21. The van der Waals surface area contributed by atoms with Gasteiger partial charge in [-0.15, -0.1) is 0 Å². The van der Waals surface area contributed by atoms with Crippen molar-refractivity contribution in [3.05, 3.63) is 69.7 Å². The fraction of sp³-hybridized carbons (Fsp3) is 0.381. The van der Waals surface area contributed by atoms with Crippen molar-refractivity contribution in [1.29, 1.82) is 0 Å².